The number of carbonyl (C=O) groups is 1. The molecule has 0 aromatic rings. The summed E-state index contributed by atoms with van der Waals surface area (Å²) in [5.41, 5.74) is -0.175. The summed E-state index contributed by atoms with van der Waals surface area (Å²) in [5, 5.41) is 0. The average Bonchev–Trinajstić information content (AvgIpc) is 1.84. The van der Waals surface area contributed by atoms with E-state index in [1.165, 1.54) is 12.5 Å². The van der Waals surface area contributed by atoms with E-state index < -0.39 is 0 Å². The molecule has 0 aliphatic heterocycles. The zero-order valence-corrected chi connectivity index (χ0v) is 6.22. The molecule has 0 radical (unpaired) electrons. The fourth-order valence-electron chi connectivity index (χ4n) is 1.06. The number of esters is 1. The van der Waals surface area contributed by atoms with Gasteiger partial charge in [0.2, 0.25) is 0 Å². The fraction of sp³-hybridized carbons (Fsp3) is 0.625. The molecule has 0 aromatic heterocycles. The van der Waals surface area contributed by atoms with Crippen molar-refractivity contribution in [1.29, 1.82) is 0 Å². The molecule has 0 heterocycles. The summed E-state index contributed by atoms with van der Waals surface area (Å²) in [6.07, 6.45) is 4.36. The van der Waals surface area contributed by atoms with Crippen molar-refractivity contribution in [2.75, 3.05) is 0 Å². The Hall–Kier alpha value is -0.790. The lowest BCUT2D eigenvalue weighted by molar-refractivity contribution is -0.159. The van der Waals surface area contributed by atoms with Crippen LogP contribution in [0.4, 0.5) is 0 Å². The van der Waals surface area contributed by atoms with Crippen LogP contribution < -0.4 is 0 Å². The minimum Gasteiger partial charge on any atom is -0.456 e. The maximum absolute atomic E-state index is 10.7. The summed E-state index contributed by atoms with van der Waals surface area (Å²) in [4.78, 5) is 10.7. The van der Waals surface area contributed by atoms with E-state index in [-0.39, 0.29) is 11.6 Å². The van der Waals surface area contributed by atoms with Crippen molar-refractivity contribution in [2.24, 2.45) is 0 Å². The van der Waals surface area contributed by atoms with Crippen LogP contribution in [0.5, 0.6) is 0 Å². The summed E-state index contributed by atoms with van der Waals surface area (Å²) in [7, 11) is 0. The zero-order valence-electron chi connectivity index (χ0n) is 6.22. The van der Waals surface area contributed by atoms with Crippen LogP contribution in [-0.4, -0.2) is 11.6 Å². The molecule has 1 aliphatic carbocycles. The number of hydrogen-bond acceptors (Lipinski definition) is 2. The summed E-state index contributed by atoms with van der Waals surface area (Å²) in [6, 6.07) is 0. The molecule has 0 spiro atoms. The Morgan fingerprint density at radius 3 is 2.60 bits per heavy atom. The fourth-order valence-corrected chi connectivity index (χ4v) is 1.06. The Kier molecular flexibility index (Phi) is 1.79. The lowest BCUT2D eigenvalue weighted by atomic mass is 9.82. The first-order chi connectivity index (χ1) is 4.66. The minimum absolute atomic E-state index is 0.175. The molecule has 0 aromatic carbocycles. The van der Waals surface area contributed by atoms with Gasteiger partial charge < -0.3 is 4.74 Å². The van der Waals surface area contributed by atoms with Gasteiger partial charge in [0, 0.05) is 6.08 Å². The van der Waals surface area contributed by atoms with Gasteiger partial charge in [-0.1, -0.05) is 6.58 Å². The third kappa shape index (κ3) is 1.38. The van der Waals surface area contributed by atoms with E-state index in [4.69, 9.17) is 4.74 Å². The second-order valence-electron chi connectivity index (χ2n) is 2.93. The standard InChI is InChI=1S/C8H12O2/c1-3-7(9)10-8(2)5-4-6-8/h3H,1,4-6H2,2H3. The Balaban J connectivity index is 2.36. The van der Waals surface area contributed by atoms with Crippen LogP contribution in [0, 0.1) is 0 Å². The third-order valence-electron chi connectivity index (χ3n) is 1.92. The topological polar surface area (TPSA) is 26.3 Å². The first kappa shape index (κ1) is 7.32. The van der Waals surface area contributed by atoms with Crippen LogP contribution in [-0.2, 0) is 9.53 Å². The lowest BCUT2D eigenvalue weighted by Crippen LogP contribution is -2.38. The van der Waals surface area contributed by atoms with Gasteiger partial charge >= 0.3 is 5.97 Å². The quantitative estimate of drug-likeness (QED) is 0.430. The Bertz CT molecular complexity index is 157. The van der Waals surface area contributed by atoms with E-state index in [0.29, 0.717) is 0 Å². The van der Waals surface area contributed by atoms with Crippen molar-refractivity contribution in [2.45, 2.75) is 31.8 Å². The van der Waals surface area contributed by atoms with Crippen LogP contribution >= 0.6 is 0 Å². The van der Waals surface area contributed by atoms with Gasteiger partial charge in [-0.3, -0.25) is 0 Å². The van der Waals surface area contributed by atoms with Crippen molar-refractivity contribution in [3.8, 4) is 0 Å². The first-order valence-corrected chi connectivity index (χ1v) is 3.52. The summed E-state index contributed by atoms with van der Waals surface area (Å²) in [6.45, 7) is 5.28. The highest BCUT2D eigenvalue weighted by molar-refractivity contribution is 5.81. The number of ether oxygens (including phenoxy) is 1. The summed E-state index contributed by atoms with van der Waals surface area (Å²) >= 11 is 0. The van der Waals surface area contributed by atoms with Crippen LogP contribution in [0.2, 0.25) is 0 Å². The van der Waals surface area contributed by atoms with E-state index in [1.807, 2.05) is 6.92 Å². The highest BCUT2D eigenvalue weighted by Crippen LogP contribution is 2.34. The Labute approximate surface area is 60.9 Å². The molecule has 56 valence electrons. The molecular formula is C8H12O2. The van der Waals surface area contributed by atoms with Gasteiger partial charge in [0.1, 0.15) is 5.60 Å². The van der Waals surface area contributed by atoms with E-state index in [2.05, 4.69) is 6.58 Å². The predicted octanol–water partition coefficient (Wildman–Crippen LogP) is 1.66. The molecule has 0 saturated heterocycles. The molecule has 1 rings (SSSR count). The van der Waals surface area contributed by atoms with Gasteiger partial charge in [-0.05, 0) is 26.2 Å². The van der Waals surface area contributed by atoms with E-state index >= 15 is 0 Å². The molecule has 2 nitrogen and oxygen atoms in total. The average molecular weight is 140 g/mol. The van der Waals surface area contributed by atoms with Gasteiger partial charge in [-0.15, -0.1) is 0 Å². The minimum atomic E-state index is -0.304. The smallest absolute Gasteiger partial charge is 0.330 e. The van der Waals surface area contributed by atoms with Gasteiger partial charge in [0.15, 0.2) is 0 Å². The van der Waals surface area contributed by atoms with E-state index in [9.17, 15) is 4.79 Å². The van der Waals surface area contributed by atoms with Crippen molar-refractivity contribution in [1.82, 2.24) is 0 Å². The van der Waals surface area contributed by atoms with E-state index in [1.54, 1.807) is 0 Å². The predicted molar refractivity (Wildman–Crippen MR) is 38.5 cm³/mol. The van der Waals surface area contributed by atoms with Gasteiger partial charge in [0.05, 0.1) is 0 Å². The van der Waals surface area contributed by atoms with Gasteiger partial charge in [0.25, 0.3) is 0 Å². The molecule has 10 heavy (non-hydrogen) atoms. The molecule has 0 amide bonds. The molecular weight excluding hydrogens is 128 g/mol. The maximum Gasteiger partial charge on any atom is 0.330 e. The second-order valence-corrected chi connectivity index (χ2v) is 2.93. The van der Waals surface area contributed by atoms with Crippen LogP contribution in [0.1, 0.15) is 26.2 Å². The Morgan fingerprint density at radius 1 is 1.70 bits per heavy atom. The summed E-state index contributed by atoms with van der Waals surface area (Å²) in [5.74, 6) is -0.304. The second kappa shape index (κ2) is 2.45. The van der Waals surface area contributed by atoms with Crippen LogP contribution in [0.3, 0.4) is 0 Å². The molecule has 0 unspecified atom stereocenters. The number of rotatable bonds is 2. The summed E-state index contributed by atoms with van der Waals surface area (Å²) < 4.78 is 5.07. The van der Waals surface area contributed by atoms with E-state index in [0.717, 1.165) is 12.8 Å². The van der Waals surface area contributed by atoms with Crippen molar-refractivity contribution < 1.29 is 9.53 Å². The zero-order chi connectivity index (χ0) is 7.61. The molecule has 1 saturated carbocycles. The van der Waals surface area contributed by atoms with Gasteiger partial charge in [-0.2, -0.15) is 0 Å². The van der Waals surface area contributed by atoms with Crippen LogP contribution in [0.15, 0.2) is 12.7 Å². The van der Waals surface area contributed by atoms with Crippen molar-refractivity contribution >= 4 is 5.97 Å². The Morgan fingerprint density at radius 2 is 2.30 bits per heavy atom. The largest absolute Gasteiger partial charge is 0.456 e. The molecule has 1 fully saturated rings. The normalized spacial score (nSPS) is 20.9. The van der Waals surface area contributed by atoms with Crippen LogP contribution in [0.25, 0.3) is 0 Å². The first-order valence-electron chi connectivity index (χ1n) is 3.52. The highest BCUT2D eigenvalue weighted by Gasteiger charge is 2.34. The third-order valence-corrected chi connectivity index (χ3v) is 1.92. The maximum atomic E-state index is 10.7. The highest BCUT2D eigenvalue weighted by atomic mass is 16.6. The van der Waals surface area contributed by atoms with Crippen molar-refractivity contribution in [3.05, 3.63) is 12.7 Å². The van der Waals surface area contributed by atoms with Crippen molar-refractivity contribution in [3.63, 3.8) is 0 Å². The van der Waals surface area contributed by atoms with Gasteiger partial charge in [-0.25, -0.2) is 4.79 Å². The number of carbonyl (C=O) groups excluding carboxylic acids is 1. The lowest BCUT2D eigenvalue weighted by Gasteiger charge is -2.37. The molecule has 0 bridgehead atoms. The number of hydrogen-bond donors (Lipinski definition) is 0. The molecule has 1 aliphatic rings. The monoisotopic (exact) mass is 140 g/mol. The molecule has 0 atom stereocenters. The molecule has 2 heteroatoms. The molecule has 0 N–H and O–H groups in total. The SMILES string of the molecule is C=CC(=O)OC1(C)CCC1.